The molecule has 152 valence electrons. The van der Waals surface area contributed by atoms with Gasteiger partial charge in [-0.25, -0.2) is 4.39 Å². The Bertz CT molecular complexity index is 1040. The van der Waals surface area contributed by atoms with Crippen LogP contribution in [0.4, 0.5) is 10.1 Å². The molecule has 0 fully saturated rings. The number of aryl methyl sites for hydroxylation is 2. The molecule has 0 aliphatic heterocycles. The molecule has 0 radical (unpaired) electrons. The molecule has 1 aromatic heterocycles. The van der Waals surface area contributed by atoms with E-state index in [0.29, 0.717) is 29.9 Å². The molecule has 0 aliphatic carbocycles. The van der Waals surface area contributed by atoms with Crippen molar-refractivity contribution in [3.8, 4) is 5.75 Å². The van der Waals surface area contributed by atoms with E-state index < -0.39 is 0 Å². The number of carbonyl (C=O) groups excluding carboxylic acids is 2. The van der Waals surface area contributed by atoms with E-state index in [-0.39, 0.29) is 24.2 Å². The second-order valence-corrected chi connectivity index (χ2v) is 6.94. The van der Waals surface area contributed by atoms with Crippen molar-refractivity contribution < 1.29 is 18.7 Å². The van der Waals surface area contributed by atoms with Crippen molar-refractivity contribution in [2.75, 3.05) is 18.5 Å². The van der Waals surface area contributed by atoms with Crippen molar-refractivity contribution in [3.05, 3.63) is 59.0 Å². The summed E-state index contributed by atoms with van der Waals surface area (Å²) in [6, 6.07) is 10.00. The number of hydrogen-bond donors (Lipinski definition) is 3. The first-order valence-electron chi connectivity index (χ1n) is 9.38. The van der Waals surface area contributed by atoms with Crippen LogP contribution in [0.1, 0.15) is 23.7 Å². The number of amides is 2. The maximum absolute atomic E-state index is 14.0. The number of aromatic amines is 1. The van der Waals surface area contributed by atoms with Crippen molar-refractivity contribution in [3.63, 3.8) is 0 Å². The molecule has 29 heavy (non-hydrogen) atoms. The Morgan fingerprint density at radius 1 is 1.10 bits per heavy atom. The van der Waals surface area contributed by atoms with Crippen LogP contribution in [0.15, 0.2) is 36.4 Å². The van der Waals surface area contributed by atoms with Gasteiger partial charge in [0, 0.05) is 30.2 Å². The first-order valence-corrected chi connectivity index (χ1v) is 9.38. The fourth-order valence-corrected chi connectivity index (χ4v) is 3.32. The highest BCUT2D eigenvalue weighted by atomic mass is 19.1. The quantitative estimate of drug-likeness (QED) is 0.569. The van der Waals surface area contributed by atoms with Crippen molar-refractivity contribution in [1.29, 1.82) is 0 Å². The fraction of sp³-hybridized carbons (Fsp3) is 0.273. The average molecular weight is 397 g/mol. The number of carbonyl (C=O) groups is 2. The maximum Gasteiger partial charge on any atom is 0.257 e. The van der Waals surface area contributed by atoms with Crippen LogP contribution in [-0.2, 0) is 16.0 Å². The highest BCUT2D eigenvalue weighted by Crippen LogP contribution is 2.27. The van der Waals surface area contributed by atoms with Crippen molar-refractivity contribution in [1.82, 2.24) is 10.3 Å². The van der Waals surface area contributed by atoms with Crippen LogP contribution in [0.5, 0.6) is 5.75 Å². The average Bonchev–Trinajstić information content (AvgIpc) is 3.01. The van der Waals surface area contributed by atoms with Gasteiger partial charge in [0.2, 0.25) is 5.91 Å². The zero-order valence-corrected chi connectivity index (χ0v) is 16.7. The van der Waals surface area contributed by atoms with Crippen LogP contribution >= 0.6 is 0 Å². The second-order valence-electron chi connectivity index (χ2n) is 6.94. The third kappa shape index (κ3) is 4.93. The third-order valence-electron chi connectivity index (χ3n) is 4.67. The normalized spacial score (nSPS) is 10.8. The summed E-state index contributed by atoms with van der Waals surface area (Å²) < 4.78 is 19.5. The largest absolute Gasteiger partial charge is 0.484 e. The van der Waals surface area contributed by atoms with E-state index in [0.717, 1.165) is 22.2 Å². The summed E-state index contributed by atoms with van der Waals surface area (Å²) in [5.74, 6) is -0.132. The van der Waals surface area contributed by atoms with Gasteiger partial charge in [-0.3, -0.25) is 9.59 Å². The minimum Gasteiger partial charge on any atom is -0.484 e. The SMILES string of the molecule is CC(=O)Nc1ccc(OCC(=O)NCCc2c(C)[nH]c3c(F)ccc(C)c23)cc1. The smallest absolute Gasteiger partial charge is 0.257 e. The summed E-state index contributed by atoms with van der Waals surface area (Å²) >= 11 is 0. The molecule has 2 aromatic carbocycles. The zero-order valence-electron chi connectivity index (χ0n) is 16.7. The van der Waals surface area contributed by atoms with E-state index in [9.17, 15) is 14.0 Å². The molecule has 3 aromatic rings. The fourth-order valence-electron chi connectivity index (χ4n) is 3.32. The Hall–Kier alpha value is -3.35. The van der Waals surface area contributed by atoms with Crippen LogP contribution in [0.2, 0.25) is 0 Å². The molecule has 6 nitrogen and oxygen atoms in total. The van der Waals surface area contributed by atoms with Crippen LogP contribution in [-0.4, -0.2) is 29.9 Å². The van der Waals surface area contributed by atoms with E-state index in [1.165, 1.54) is 13.0 Å². The second kappa shape index (κ2) is 8.77. The first-order chi connectivity index (χ1) is 13.8. The van der Waals surface area contributed by atoms with E-state index in [1.807, 2.05) is 13.8 Å². The summed E-state index contributed by atoms with van der Waals surface area (Å²) in [7, 11) is 0. The van der Waals surface area contributed by atoms with Crippen molar-refractivity contribution in [2.24, 2.45) is 0 Å². The monoisotopic (exact) mass is 397 g/mol. The lowest BCUT2D eigenvalue weighted by Crippen LogP contribution is -2.30. The molecule has 7 heteroatoms. The lowest BCUT2D eigenvalue weighted by atomic mass is 10.0. The molecule has 1 heterocycles. The topological polar surface area (TPSA) is 83.2 Å². The summed E-state index contributed by atoms with van der Waals surface area (Å²) in [5.41, 5.74) is 4.08. The van der Waals surface area contributed by atoms with Crippen LogP contribution < -0.4 is 15.4 Å². The predicted octanol–water partition coefficient (Wildman–Crippen LogP) is 3.62. The van der Waals surface area contributed by atoms with Gasteiger partial charge in [0.1, 0.15) is 11.6 Å². The molecule has 0 aliphatic rings. The van der Waals surface area contributed by atoms with Gasteiger partial charge in [0.25, 0.3) is 5.91 Å². The minimum atomic E-state index is -0.276. The van der Waals surface area contributed by atoms with Gasteiger partial charge in [-0.2, -0.15) is 0 Å². The number of aromatic nitrogens is 1. The minimum absolute atomic E-state index is 0.111. The van der Waals surface area contributed by atoms with Crippen LogP contribution in [0, 0.1) is 19.7 Å². The molecule has 0 spiro atoms. The lowest BCUT2D eigenvalue weighted by molar-refractivity contribution is -0.123. The molecule has 0 saturated carbocycles. The van der Waals surface area contributed by atoms with Gasteiger partial charge in [0.15, 0.2) is 6.61 Å². The summed E-state index contributed by atoms with van der Waals surface area (Å²) in [5, 5.41) is 6.37. The van der Waals surface area contributed by atoms with Gasteiger partial charge >= 0.3 is 0 Å². The highest BCUT2D eigenvalue weighted by molar-refractivity contribution is 5.89. The lowest BCUT2D eigenvalue weighted by Gasteiger charge is -2.09. The Kier molecular flexibility index (Phi) is 6.16. The number of halogens is 1. The standard InChI is InChI=1S/C22H24FN3O3/c1-13-4-9-19(23)22-21(13)18(14(2)25-22)10-11-24-20(28)12-29-17-7-5-16(6-8-17)26-15(3)27/h4-9,25H,10-12H2,1-3H3,(H,24,28)(H,26,27). The Morgan fingerprint density at radius 2 is 1.83 bits per heavy atom. The van der Waals surface area contributed by atoms with Gasteiger partial charge < -0.3 is 20.4 Å². The number of H-pyrrole nitrogens is 1. The number of hydrogen-bond acceptors (Lipinski definition) is 3. The van der Waals surface area contributed by atoms with Crippen molar-refractivity contribution >= 4 is 28.4 Å². The molecule has 3 rings (SSSR count). The number of rotatable bonds is 7. The number of nitrogens with one attached hydrogen (secondary N) is 3. The summed E-state index contributed by atoms with van der Waals surface area (Å²) in [4.78, 5) is 26.2. The molecule has 0 atom stereocenters. The van der Waals surface area contributed by atoms with E-state index in [1.54, 1.807) is 30.3 Å². The van der Waals surface area contributed by atoms with Crippen molar-refractivity contribution in [2.45, 2.75) is 27.2 Å². The molecule has 2 amide bonds. The molecule has 3 N–H and O–H groups in total. The summed E-state index contributed by atoms with van der Waals surface area (Å²) in [6.07, 6.45) is 0.591. The Balaban J connectivity index is 1.52. The van der Waals surface area contributed by atoms with Gasteiger partial charge in [0.05, 0.1) is 5.52 Å². The van der Waals surface area contributed by atoms with Gasteiger partial charge in [-0.15, -0.1) is 0 Å². The van der Waals surface area contributed by atoms with E-state index in [4.69, 9.17) is 4.74 Å². The van der Waals surface area contributed by atoms with Gasteiger partial charge in [-0.05, 0) is 61.7 Å². The molecular weight excluding hydrogens is 373 g/mol. The number of benzene rings is 2. The third-order valence-corrected chi connectivity index (χ3v) is 4.67. The highest BCUT2D eigenvalue weighted by Gasteiger charge is 2.14. The number of ether oxygens (including phenoxy) is 1. The zero-order chi connectivity index (χ0) is 21.0. The van der Waals surface area contributed by atoms with E-state index in [2.05, 4.69) is 15.6 Å². The van der Waals surface area contributed by atoms with Crippen LogP contribution in [0.3, 0.4) is 0 Å². The van der Waals surface area contributed by atoms with E-state index >= 15 is 0 Å². The Labute approximate surface area is 168 Å². The molecular formula is C22H24FN3O3. The first kappa shape index (κ1) is 20.4. The molecule has 0 bridgehead atoms. The molecule has 0 unspecified atom stereocenters. The summed E-state index contributed by atoms with van der Waals surface area (Å²) in [6.45, 7) is 5.60. The van der Waals surface area contributed by atoms with Crippen LogP contribution in [0.25, 0.3) is 10.9 Å². The number of fused-ring (bicyclic) bond motifs is 1. The Morgan fingerprint density at radius 3 is 2.52 bits per heavy atom. The maximum atomic E-state index is 14.0. The molecule has 0 saturated heterocycles. The van der Waals surface area contributed by atoms with Gasteiger partial charge in [-0.1, -0.05) is 6.07 Å². The number of anilines is 1. The predicted molar refractivity (Wildman–Crippen MR) is 111 cm³/mol.